The molecule has 33 heavy (non-hydrogen) atoms. The number of carbonyl (C=O) groups excluding carboxylic acids is 1. The number of nitrogens with one attached hydrogen (secondary N) is 1. The number of hydrogen-bond acceptors (Lipinski definition) is 5. The van der Waals surface area contributed by atoms with E-state index in [1.165, 1.54) is 17.4 Å². The van der Waals surface area contributed by atoms with Gasteiger partial charge in [-0.3, -0.25) is 9.78 Å². The van der Waals surface area contributed by atoms with Gasteiger partial charge in [-0.1, -0.05) is 24.3 Å². The Bertz CT molecular complexity index is 1240. The molecule has 0 spiro atoms. The number of rotatable bonds is 7. The molecule has 0 saturated carbocycles. The first kappa shape index (κ1) is 22.5. The third-order valence-corrected chi connectivity index (χ3v) is 5.57. The molecule has 9 heteroatoms. The maximum Gasteiger partial charge on any atom is 0.416 e. The first-order valence-corrected chi connectivity index (χ1v) is 10.8. The Labute approximate surface area is 191 Å². The van der Waals surface area contributed by atoms with Gasteiger partial charge in [-0.2, -0.15) is 13.2 Å². The van der Waals surface area contributed by atoms with Crippen molar-refractivity contribution in [2.75, 3.05) is 0 Å². The van der Waals surface area contributed by atoms with E-state index in [1.807, 2.05) is 18.2 Å². The summed E-state index contributed by atoms with van der Waals surface area (Å²) in [6.45, 7) is 0.362. The summed E-state index contributed by atoms with van der Waals surface area (Å²) in [4.78, 5) is 20.7. The molecular weight excluding hydrogens is 451 g/mol. The Balaban J connectivity index is 1.40. The third kappa shape index (κ3) is 5.95. The standard InChI is InChI=1S/C24H18F3N3O2S/c25-24(26,27)19-5-1-3-17(11-19)14-32-20-6-2-4-18(12-20)23-30-21(15-33-23)22(31)29-13-16-7-9-28-10-8-16/h1-12,15H,13-14H2,(H,29,31). The number of nitrogens with zero attached hydrogens (tertiary/aromatic N) is 2. The number of benzene rings is 2. The van der Waals surface area contributed by atoms with E-state index in [9.17, 15) is 18.0 Å². The summed E-state index contributed by atoms with van der Waals surface area (Å²) < 4.78 is 44.4. The molecule has 0 aliphatic carbocycles. The van der Waals surface area contributed by atoms with Crippen molar-refractivity contribution in [3.63, 3.8) is 0 Å². The Hall–Kier alpha value is -3.72. The molecule has 4 aromatic rings. The van der Waals surface area contributed by atoms with Crippen LogP contribution in [-0.2, 0) is 19.3 Å². The van der Waals surface area contributed by atoms with Gasteiger partial charge in [0.1, 0.15) is 23.1 Å². The lowest BCUT2D eigenvalue weighted by molar-refractivity contribution is -0.137. The number of thiazole rings is 1. The number of aromatic nitrogens is 2. The third-order valence-electron chi connectivity index (χ3n) is 4.68. The zero-order valence-corrected chi connectivity index (χ0v) is 18.0. The van der Waals surface area contributed by atoms with Gasteiger partial charge in [0.15, 0.2) is 0 Å². The molecule has 5 nitrogen and oxygen atoms in total. The van der Waals surface area contributed by atoms with Crippen molar-refractivity contribution in [3.8, 4) is 16.3 Å². The highest BCUT2D eigenvalue weighted by Gasteiger charge is 2.30. The Morgan fingerprint density at radius 1 is 1.00 bits per heavy atom. The summed E-state index contributed by atoms with van der Waals surface area (Å²) in [7, 11) is 0. The normalized spacial score (nSPS) is 11.2. The summed E-state index contributed by atoms with van der Waals surface area (Å²) >= 11 is 1.32. The molecule has 2 heterocycles. The monoisotopic (exact) mass is 469 g/mol. The number of ether oxygens (including phenoxy) is 1. The topological polar surface area (TPSA) is 64.1 Å². The van der Waals surface area contributed by atoms with Crippen molar-refractivity contribution in [2.45, 2.75) is 19.3 Å². The molecule has 2 aromatic carbocycles. The van der Waals surface area contributed by atoms with Crippen LogP contribution in [0.25, 0.3) is 10.6 Å². The fraction of sp³-hybridized carbons (Fsp3) is 0.125. The minimum atomic E-state index is -4.40. The van der Waals surface area contributed by atoms with Gasteiger partial charge in [0.2, 0.25) is 0 Å². The van der Waals surface area contributed by atoms with Gasteiger partial charge < -0.3 is 10.1 Å². The molecule has 0 bridgehead atoms. The van der Waals surface area contributed by atoms with Crippen LogP contribution in [0.3, 0.4) is 0 Å². The molecule has 168 valence electrons. The van der Waals surface area contributed by atoms with Gasteiger partial charge in [0.25, 0.3) is 5.91 Å². The molecule has 4 rings (SSSR count). The van der Waals surface area contributed by atoms with Crippen LogP contribution in [0.4, 0.5) is 13.2 Å². The highest BCUT2D eigenvalue weighted by atomic mass is 32.1. The average Bonchev–Trinajstić information content (AvgIpc) is 3.32. The minimum Gasteiger partial charge on any atom is -0.489 e. The van der Waals surface area contributed by atoms with E-state index >= 15 is 0 Å². The molecule has 0 saturated heterocycles. The fourth-order valence-electron chi connectivity index (χ4n) is 3.01. The quantitative estimate of drug-likeness (QED) is 0.375. The zero-order chi connectivity index (χ0) is 23.3. The number of halogens is 3. The first-order chi connectivity index (χ1) is 15.9. The zero-order valence-electron chi connectivity index (χ0n) is 17.2. The molecule has 1 amide bonds. The predicted molar refractivity (Wildman–Crippen MR) is 119 cm³/mol. The molecule has 0 aliphatic heterocycles. The van der Waals surface area contributed by atoms with Crippen molar-refractivity contribution < 1.29 is 22.7 Å². The molecule has 0 atom stereocenters. The molecule has 0 fully saturated rings. The van der Waals surface area contributed by atoms with Gasteiger partial charge in [-0.15, -0.1) is 11.3 Å². The number of alkyl halides is 3. The van der Waals surface area contributed by atoms with Crippen LogP contribution in [0, 0.1) is 0 Å². The highest BCUT2D eigenvalue weighted by molar-refractivity contribution is 7.13. The summed E-state index contributed by atoms with van der Waals surface area (Å²) in [5.41, 5.74) is 1.68. The van der Waals surface area contributed by atoms with Crippen LogP contribution < -0.4 is 10.1 Å². The van der Waals surface area contributed by atoms with Crippen molar-refractivity contribution in [2.24, 2.45) is 0 Å². The lowest BCUT2D eigenvalue weighted by atomic mass is 10.1. The van der Waals surface area contributed by atoms with Crippen LogP contribution in [0.15, 0.2) is 78.4 Å². The Morgan fingerprint density at radius 3 is 2.58 bits per heavy atom. The number of pyridine rings is 1. The first-order valence-electron chi connectivity index (χ1n) is 9.90. The van der Waals surface area contributed by atoms with E-state index in [-0.39, 0.29) is 12.5 Å². The summed E-state index contributed by atoms with van der Waals surface area (Å²) in [6.07, 6.45) is -1.09. The maximum atomic E-state index is 12.9. The van der Waals surface area contributed by atoms with Crippen molar-refractivity contribution in [3.05, 3.63) is 101 Å². The second-order valence-corrected chi connectivity index (χ2v) is 7.95. The molecule has 1 N–H and O–H groups in total. The molecule has 0 aliphatic rings. The van der Waals surface area contributed by atoms with Gasteiger partial charge in [0.05, 0.1) is 5.56 Å². The van der Waals surface area contributed by atoms with E-state index in [1.54, 1.807) is 42.0 Å². The SMILES string of the molecule is O=C(NCc1ccncc1)c1csc(-c2cccc(OCc3cccc(C(F)(F)F)c3)c2)n1. The van der Waals surface area contributed by atoms with Crippen LogP contribution in [0.5, 0.6) is 5.75 Å². The molecular formula is C24H18F3N3O2S. The fourth-order valence-corrected chi connectivity index (χ4v) is 3.80. The van der Waals surface area contributed by atoms with Gasteiger partial charge in [0, 0.05) is 29.9 Å². The Kier molecular flexibility index (Phi) is 6.69. The smallest absolute Gasteiger partial charge is 0.416 e. The Morgan fingerprint density at radius 2 is 1.79 bits per heavy atom. The van der Waals surface area contributed by atoms with Gasteiger partial charge in [-0.05, 0) is 47.5 Å². The van der Waals surface area contributed by atoms with E-state index in [0.29, 0.717) is 28.6 Å². The molecule has 2 aromatic heterocycles. The summed E-state index contributed by atoms with van der Waals surface area (Å²) in [5.74, 6) is 0.204. The average molecular weight is 469 g/mol. The van der Waals surface area contributed by atoms with E-state index in [0.717, 1.165) is 23.3 Å². The second-order valence-electron chi connectivity index (χ2n) is 7.09. The van der Waals surface area contributed by atoms with E-state index in [2.05, 4.69) is 15.3 Å². The van der Waals surface area contributed by atoms with E-state index < -0.39 is 11.7 Å². The van der Waals surface area contributed by atoms with Gasteiger partial charge >= 0.3 is 6.18 Å². The second kappa shape index (κ2) is 9.83. The predicted octanol–water partition coefficient (Wildman–Crippen LogP) is 5.73. The molecule has 0 unspecified atom stereocenters. The van der Waals surface area contributed by atoms with Crippen molar-refractivity contribution >= 4 is 17.2 Å². The summed E-state index contributed by atoms with van der Waals surface area (Å²) in [6, 6.07) is 15.7. The number of hydrogen-bond donors (Lipinski definition) is 1. The van der Waals surface area contributed by atoms with Gasteiger partial charge in [-0.25, -0.2) is 4.98 Å². The summed E-state index contributed by atoms with van der Waals surface area (Å²) in [5, 5.41) is 5.12. The van der Waals surface area contributed by atoms with Crippen LogP contribution in [0.2, 0.25) is 0 Å². The largest absolute Gasteiger partial charge is 0.489 e. The minimum absolute atomic E-state index is 0.00605. The van der Waals surface area contributed by atoms with Crippen LogP contribution >= 0.6 is 11.3 Å². The number of amides is 1. The van der Waals surface area contributed by atoms with Crippen molar-refractivity contribution in [1.82, 2.24) is 15.3 Å². The lowest BCUT2D eigenvalue weighted by Gasteiger charge is -2.10. The highest BCUT2D eigenvalue weighted by Crippen LogP contribution is 2.30. The van der Waals surface area contributed by atoms with Crippen LogP contribution in [-0.4, -0.2) is 15.9 Å². The maximum absolute atomic E-state index is 12.9. The molecule has 0 radical (unpaired) electrons. The number of carbonyl (C=O) groups is 1. The lowest BCUT2D eigenvalue weighted by Crippen LogP contribution is -2.23. The van der Waals surface area contributed by atoms with Crippen molar-refractivity contribution in [1.29, 1.82) is 0 Å². The van der Waals surface area contributed by atoms with Crippen LogP contribution in [0.1, 0.15) is 27.2 Å². The van der Waals surface area contributed by atoms with E-state index in [4.69, 9.17) is 4.74 Å².